The zero-order chi connectivity index (χ0) is 12.5. The summed E-state index contributed by atoms with van der Waals surface area (Å²) in [6.45, 7) is -0.859. The lowest BCUT2D eigenvalue weighted by Crippen LogP contribution is -2.38. The Morgan fingerprint density at radius 2 is 2.00 bits per heavy atom. The topological polar surface area (TPSA) is 147 Å². The van der Waals surface area contributed by atoms with E-state index in [1.165, 1.54) is 0 Å². The second-order valence-electron chi connectivity index (χ2n) is 2.91. The van der Waals surface area contributed by atoms with Gasteiger partial charge >= 0.3 is 16.4 Å². The molecule has 3 N–H and O–H groups in total. The van der Waals surface area contributed by atoms with Crippen LogP contribution < -0.4 is 0 Å². The summed E-state index contributed by atoms with van der Waals surface area (Å²) in [4.78, 5) is 22.2. The number of aliphatic hydroxyl groups excluding tert-OH is 2. The largest absolute Gasteiger partial charge is 0.449 e. The Morgan fingerprint density at radius 3 is 2.44 bits per heavy atom. The minimum Gasteiger partial charge on any atom is -0.449 e. The van der Waals surface area contributed by atoms with Crippen LogP contribution in [0.5, 0.6) is 0 Å². The van der Waals surface area contributed by atoms with E-state index >= 15 is 0 Å². The van der Waals surface area contributed by atoms with E-state index < -0.39 is 47.1 Å². The van der Waals surface area contributed by atoms with Gasteiger partial charge in [-0.2, -0.15) is 8.42 Å². The van der Waals surface area contributed by atoms with Crippen molar-refractivity contribution >= 4 is 22.2 Å². The van der Waals surface area contributed by atoms with Gasteiger partial charge in [-0.25, -0.2) is 8.98 Å². The van der Waals surface area contributed by atoms with Gasteiger partial charge in [-0.1, -0.05) is 0 Å². The Bertz CT molecular complexity index is 398. The first-order valence-corrected chi connectivity index (χ1v) is 5.31. The van der Waals surface area contributed by atoms with Gasteiger partial charge in [0.25, 0.3) is 0 Å². The summed E-state index contributed by atoms with van der Waals surface area (Å²) in [6.07, 6.45) is -5.53. The summed E-state index contributed by atoms with van der Waals surface area (Å²) >= 11 is 0. The van der Waals surface area contributed by atoms with Gasteiger partial charge in [0.2, 0.25) is 11.9 Å². The molecule has 1 heterocycles. The van der Waals surface area contributed by atoms with Gasteiger partial charge in [0.15, 0.2) is 6.10 Å². The molecular formula is C6H8O9S. The molecule has 0 aliphatic carbocycles. The monoisotopic (exact) mass is 256 g/mol. The molecule has 16 heavy (non-hydrogen) atoms. The molecule has 0 saturated carbocycles. The lowest BCUT2D eigenvalue weighted by molar-refractivity contribution is -0.151. The minimum absolute atomic E-state index is 0.859. The van der Waals surface area contributed by atoms with E-state index in [0.717, 1.165) is 0 Å². The van der Waals surface area contributed by atoms with E-state index in [2.05, 4.69) is 8.92 Å². The highest BCUT2D eigenvalue weighted by molar-refractivity contribution is 7.81. The molecular weight excluding hydrogens is 248 g/mol. The number of ether oxygens (including phenoxy) is 1. The van der Waals surface area contributed by atoms with E-state index in [-0.39, 0.29) is 0 Å². The standard InChI is InChI=1S/C6H8O9S/c7-1-2(8)4-3(9)5(6(10)14-4)15-16(11,12)13/h2,4-5,7-8H,1H2,(H,11,12,13)/t2-,4?,5?/m0/s1. The summed E-state index contributed by atoms with van der Waals surface area (Å²) in [6, 6.07) is 0. The van der Waals surface area contributed by atoms with Crippen molar-refractivity contribution in [2.24, 2.45) is 0 Å². The molecule has 10 heteroatoms. The maximum Gasteiger partial charge on any atom is 0.398 e. The number of hydrogen-bond donors (Lipinski definition) is 3. The van der Waals surface area contributed by atoms with Gasteiger partial charge < -0.3 is 14.9 Å². The van der Waals surface area contributed by atoms with E-state index in [4.69, 9.17) is 14.8 Å². The van der Waals surface area contributed by atoms with Crippen LogP contribution in [-0.4, -0.2) is 59.9 Å². The number of esters is 1. The third-order valence-electron chi connectivity index (χ3n) is 1.75. The number of hydrogen-bond acceptors (Lipinski definition) is 8. The number of carbonyl (C=O) groups is 2. The maximum absolute atomic E-state index is 11.3. The first-order valence-electron chi connectivity index (χ1n) is 3.95. The van der Waals surface area contributed by atoms with Crippen LogP contribution in [0.1, 0.15) is 0 Å². The molecule has 0 aromatic heterocycles. The number of Topliss-reactive ketones (excluding diaryl/α,β-unsaturated/α-hetero) is 1. The quantitative estimate of drug-likeness (QED) is 0.272. The number of ketones is 1. The smallest absolute Gasteiger partial charge is 0.398 e. The van der Waals surface area contributed by atoms with Gasteiger partial charge in [0.05, 0.1) is 6.61 Å². The fourth-order valence-electron chi connectivity index (χ4n) is 1.08. The molecule has 92 valence electrons. The third kappa shape index (κ3) is 2.74. The van der Waals surface area contributed by atoms with Crippen molar-refractivity contribution in [3.8, 4) is 0 Å². The molecule has 0 spiro atoms. The van der Waals surface area contributed by atoms with Crippen LogP contribution in [0.25, 0.3) is 0 Å². The molecule has 0 aromatic rings. The highest BCUT2D eigenvalue weighted by Crippen LogP contribution is 2.18. The van der Waals surface area contributed by atoms with Crippen molar-refractivity contribution in [1.82, 2.24) is 0 Å². The highest BCUT2D eigenvalue weighted by atomic mass is 32.3. The Kier molecular flexibility index (Phi) is 3.60. The van der Waals surface area contributed by atoms with E-state index in [9.17, 15) is 18.0 Å². The molecule has 1 aliphatic rings. The Hall–Kier alpha value is -1.07. The van der Waals surface area contributed by atoms with Gasteiger partial charge in [-0.15, -0.1) is 0 Å². The SMILES string of the molecule is O=C1OC([C@@H](O)CO)C(=O)C1OS(=O)(=O)O. The fourth-order valence-corrected chi connectivity index (χ4v) is 1.50. The molecule has 0 amide bonds. The highest BCUT2D eigenvalue weighted by Gasteiger charge is 2.49. The van der Waals surface area contributed by atoms with Crippen LogP contribution in [0.15, 0.2) is 0 Å². The minimum atomic E-state index is -5.00. The molecule has 1 rings (SSSR count). The summed E-state index contributed by atoms with van der Waals surface area (Å²) in [5.41, 5.74) is 0. The fraction of sp³-hybridized carbons (Fsp3) is 0.667. The summed E-state index contributed by atoms with van der Waals surface area (Å²) in [5.74, 6) is -2.55. The molecule has 2 unspecified atom stereocenters. The van der Waals surface area contributed by atoms with Crippen molar-refractivity contribution < 1.29 is 41.7 Å². The Morgan fingerprint density at radius 1 is 1.44 bits per heavy atom. The number of cyclic esters (lactones) is 1. The van der Waals surface area contributed by atoms with Gasteiger partial charge in [-0.05, 0) is 0 Å². The zero-order valence-electron chi connectivity index (χ0n) is 7.64. The van der Waals surface area contributed by atoms with Crippen LogP contribution >= 0.6 is 0 Å². The van der Waals surface area contributed by atoms with Crippen molar-refractivity contribution in [2.75, 3.05) is 6.61 Å². The lowest BCUT2D eigenvalue weighted by Gasteiger charge is -2.11. The second-order valence-corrected chi connectivity index (χ2v) is 3.96. The van der Waals surface area contributed by atoms with E-state index in [0.29, 0.717) is 0 Å². The lowest BCUT2D eigenvalue weighted by atomic mass is 10.1. The van der Waals surface area contributed by atoms with Crippen molar-refractivity contribution in [1.29, 1.82) is 0 Å². The molecule has 1 saturated heterocycles. The first kappa shape index (κ1) is 13.0. The van der Waals surface area contributed by atoms with E-state index in [1.54, 1.807) is 0 Å². The normalized spacial score (nSPS) is 27.9. The Labute approximate surface area is 89.5 Å². The molecule has 3 atom stereocenters. The molecule has 0 aromatic carbocycles. The van der Waals surface area contributed by atoms with Crippen LogP contribution in [-0.2, 0) is 28.9 Å². The third-order valence-corrected chi connectivity index (χ3v) is 2.19. The van der Waals surface area contributed by atoms with Crippen molar-refractivity contribution in [3.63, 3.8) is 0 Å². The summed E-state index contributed by atoms with van der Waals surface area (Å²) in [5, 5.41) is 17.6. The average molecular weight is 256 g/mol. The molecule has 0 bridgehead atoms. The Balaban J connectivity index is 2.83. The molecule has 9 nitrogen and oxygen atoms in total. The van der Waals surface area contributed by atoms with Crippen molar-refractivity contribution in [2.45, 2.75) is 18.3 Å². The number of aliphatic hydroxyl groups is 2. The second kappa shape index (κ2) is 4.43. The zero-order valence-corrected chi connectivity index (χ0v) is 8.46. The number of carbonyl (C=O) groups excluding carboxylic acids is 2. The molecule has 0 radical (unpaired) electrons. The predicted octanol–water partition coefficient (Wildman–Crippen LogP) is -2.98. The molecule has 1 aliphatic heterocycles. The van der Waals surface area contributed by atoms with E-state index in [1.807, 2.05) is 0 Å². The first-order chi connectivity index (χ1) is 7.26. The maximum atomic E-state index is 11.3. The van der Waals surface area contributed by atoms with Gasteiger partial charge in [-0.3, -0.25) is 9.35 Å². The van der Waals surface area contributed by atoms with Gasteiger partial charge in [0, 0.05) is 0 Å². The number of rotatable bonds is 4. The van der Waals surface area contributed by atoms with Crippen LogP contribution in [0.3, 0.4) is 0 Å². The van der Waals surface area contributed by atoms with Crippen LogP contribution in [0.4, 0.5) is 0 Å². The van der Waals surface area contributed by atoms with Gasteiger partial charge in [0.1, 0.15) is 6.10 Å². The van der Waals surface area contributed by atoms with Crippen LogP contribution in [0, 0.1) is 0 Å². The van der Waals surface area contributed by atoms with Crippen molar-refractivity contribution in [3.05, 3.63) is 0 Å². The average Bonchev–Trinajstić information content (AvgIpc) is 2.42. The molecule has 1 fully saturated rings. The predicted molar refractivity (Wildman–Crippen MR) is 44.4 cm³/mol. The summed E-state index contributed by atoms with van der Waals surface area (Å²) < 4.78 is 36.9. The summed E-state index contributed by atoms with van der Waals surface area (Å²) in [7, 11) is -5.00. The van der Waals surface area contributed by atoms with Crippen LogP contribution in [0.2, 0.25) is 0 Å².